The Labute approximate surface area is 72.8 Å². The van der Waals surface area contributed by atoms with Crippen LogP contribution in [0.3, 0.4) is 0 Å². The molecular weight excluding hydrogens is 174 g/mol. The van der Waals surface area contributed by atoms with Crippen LogP contribution < -0.4 is 0 Å². The van der Waals surface area contributed by atoms with Crippen LogP contribution in [0, 0.1) is 0 Å². The van der Waals surface area contributed by atoms with Gasteiger partial charge in [-0.3, -0.25) is 4.79 Å². The summed E-state index contributed by atoms with van der Waals surface area (Å²) in [7, 11) is 0. The summed E-state index contributed by atoms with van der Waals surface area (Å²) in [6.07, 6.45) is 0. The number of nitrogens with zero attached hydrogens (tertiary/aromatic N) is 3. The Balaban J connectivity index is 2.86. The fourth-order valence-corrected chi connectivity index (χ4v) is 1.35. The Bertz CT molecular complexity index is 349. The average molecular weight is 179 g/mol. The summed E-state index contributed by atoms with van der Waals surface area (Å²) in [6.45, 7) is 3.51. The third-order valence-corrected chi connectivity index (χ3v) is 2.14. The molecule has 0 aliphatic rings. The SMILES string of the molecule is C=C(C(=O)N=[N+]=[N-])c1cccs1. The zero-order valence-corrected chi connectivity index (χ0v) is 6.91. The highest BCUT2D eigenvalue weighted by molar-refractivity contribution is 7.11. The first kappa shape index (κ1) is 8.52. The summed E-state index contributed by atoms with van der Waals surface area (Å²) >= 11 is 1.38. The first-order chi connectivity index (χ1) is 5.75. The fourth-order valence-electron chi connectivity index (χ4n) is 0.657. The van der Waals surface area contributed by atoms with Gasteiger partial charge >= 0.3 is 0 Å². The highest BCUT2D eigenvalue weighted by atomic mass is 32.1. The molecule has 4 nitrogen and oxygen atoms in total. The predicted octanol–water partition coefficient (Wildman–Crippen LogP) is 2.60. The van der Waals surface area contributed by atoms with Crippen molar-refractivity contribution in [3.05, 3.63) is 39.4 Å². The van der Waals surface area contributed by atoms with Gasteiger partial charge in [0.15, 0.2) is 0 Å². The van der Waals surface area contributed by atoms with Crippen molar-refractivity contribution in [3.63, 3.8) is 0 Å². The number of azide groups is 1. The molecular formula is C7H5N3OS. The van der Waals surface area contributed by atoms with Crippen molar-refractivity contribution in [2.75, 3.05) is 0 Å². The van der Waals surface area contributed by atoms with Crippen LogP contribution >= 0.6 is 11.3 Å². The second kappa shape index (κ2) is 3.71. The summed E-state index contributed by atoms with van der Waals surface area (Å²) in [5.74, 6) is -0.625. The third kappa shape index (κ3) is 1.72. The maximum Gasteiger partial charge on any atom is 0.249 e. The number of thiophene rings is 1. The minimum Gasteiger partial charge on any atom is -0.287 e. The zero-order chi connectivity index (χ0) is 8.97. The van der Waals surface area contributed by atoms with E-state index in [9.17, 15) is 4.79 Å². The Hall–Kier alpha value is -1.58. The van der Waals surface area contributed by atoms with Gasteiger partial charge in [-0.25, -0.2) is 0 Å². The molecule has 0 bridgehead atoms. The van der Waals surface area contributed by atoms with E-state index < -0.39 is 5.91 Å². The first-order valence-electron chi connectivity index (χ1n) is 3.08. The van der Waals surface area contributed by atoms with E-state index in [1.54, 1.807) is 12.1 Å². The van der Waals surface area contributed by atoms with E-state index in [4.69, 9.17) is 5.53 Å². The zero-order valence-electron chi connectivity index (χ0n) is 6.10. The van der Waals surface area contributed by atoms with Crippen LogP contribution in [0.2, 0.25) is 0 Å². The molecule has 60 valence electrons. The molecule has 0 unspecified atom stereocenters. The second-order valence-electron chi connectivity index (χ2n) is 1.95. The van der Waals surface area contributed by atoms with Gasteiger partial charge in [0.25, 0.3) is 0 Å². The molecule has 0 aliphatic carbocycles. The molecule has 1 rings (SSSR count). The fraction of sp³-hybridized carbons (Fsp3) is 0. The summed E-state index contributed by atoms with van der Waals surface area (Å²) < 4.78 is 0. The first-order valence-corrected chi connectivity index (χ1v) is 3.96. The van der Waals surface area contributed by atoms with Gasteiger partial charge in [-0.05, 0) is 22.1 Å². The van der Waals surface area contributed by atoms with E-state index in [0.29, 0.717) is 0 Å². The van der Waals surface area contributed by atoms with Crippen LogP contribution in [0.4, 0.5) is 0 Å². The molecule has 12 heavy (non-hydrogen) atoms. The van der Waals surface area contributed by atoms with Crippen LogP contribution in [0.25, 0.3) is 16.0 Å². The summed E-state index contributed by atoms with van der Waals surface area (Å²) in [5, 5.41) is 4.75. The molecule has 1 aromatic rings. The van der Waals surface area contributed by atoms with E-state index in [-0.39, 0.29) is 5.57 Å². The Morgan fingerprint density at radius 2 is 2.50 bits per heavy atom. The summed E-state index contributed by atoms with van der Waals surface area (Å²) in [6, 6.07) is 3.55. The highest BCUT2D eigenvalue weighted by Crippen LogP contribution is 2.19. The summed E-state index contributed by atoms with van der Waals surface area (Å²) in [5.41, 5.74) is 8.22. The van der Waals surface area contributed by atoms with Crippen molar-refractivity contribution >= 4 is 22.8 Å². The number of carbonyl (C=O) groups is 1. The molecule has 0 aromatic carbocycles. The van der Waals surface area contributed by atoms with E-state index in [0.717, 1.165) is 4.88 Å². The lowest BCUT2D eigenvalue weighted by atomic mass is 10.2. The van der Waals surface area contributed by atoms with Gasteiger partial charge in [-0.2, -0.15) is 0 Å². The van der Waals surface area contributed by atoms with Crippen LogP contribution in [0.1, 0.15) is 4.88 Å². The molecule has 5 heteroatoms. The van der Waals surface area contributed by atoms with Crippen LogP contribution in [0.5, 0.6) is 0 Å². The predicted molar refractivity (Wildman–Crippen MR) is 47.5 cm³/mol. The highest BCUT2D eigenvalue weighted by Gasteiger charge is 2.06. The molecule has 0 saturated carbocycles. The van der Waals surface area contributed by atoms with Gasteiger partial charge in [0.1, 0.15) is 0 Å². The lowest BCUT2D eigenvalue weighted by molar-refractivity contribution is -0.112. The van der Waals surface area contributed by atoms with Crippen molar-refractivity contribution < 1.29 is 4.79 Å². The number of hydrogen-bond acceptors (Lipinski definition) is 2. The molecule has 1 heterocycles. The normalized spacial score (nSPS) is 8.67. The van der Waals surface area contributed by atoms with Crippen LogP contribution in [0.15, 0.2) is 29.2 Å². The van der Waals surface area contributed by atoms with Gasteiger partial charge in [-0.15, -0.1) is 11.3 Å². The monoisotopic (exact) mass is 179 g/mol. The molecule has 0 saturated heterocycles. The van der Waals surface area contributed by atoms with Crippen molar-refractivity contribution in [1.82, 2.24) is 0 Å². The number of hydrogen-bond donors (Lipinski definition) is 0. The van der Waals surface area contributed by atoms with Crippen molar-refractivity contribution in [1.29, 1.82) is 0 Å². The molecule has 0 radical (unpaired) electrons. The van der Waals surface area contributed by atoms with E-state index >= 15 is 0 Å². The quantitative estimate of drug-likeness (QED) is 0.298. The molecule has 0 aliphatic heterocycles. The van der Waals surface area contributed by atoms with Crippen LogP contribution in [-0.2, 0) is 4.79 Å². The van der Waals surface area contributed by atoms with Gasteiger partial charge in [0, 0.05) is 15.4 Å². The van der Waals surface area contributed by atoms with E-state index in [1.807, 2.05) is 5.38 Å². The number of carbonyl (C=O) groups excluding carboxylic acids is 1. The number of amides is 1. The van der Waals surface area contributed by atoms with Gasteiger partial charge in [0.2, 0.25) is 5.91 Å². The smallest absolute Gasteiger partial charge is 0.249 e. The van der Waals surface area contributed by atoms with Gasteiger partial charge < -0.3 is 0 Å². The van der Waals surface area contributed by atoms with Crippen molar-refractivity contribution in [2.45, 2.75) is 0 Å². The molecule has 0 spiro atoms. The standard InChI is InChI=1S/C7H5N3OS/c1-5(7(11)9-10-8)6-3-2-4-12-6/h2-4H,1H2. The van der Waals surface area contributed by atoms with Crippen molar-refractivity contribution in [2.24, 2.45) is 5.11 Å². The minimum atomic E-state index is -0.625. The molecule has 1 amide bonds. The van der Waals surface area contributed by atoms with E-state index in [2.05, 4.69) is 16.6 Å². The lowest BCUT2D eigenvalue weighted by Crippen LogP contribution is -1.92. The van der Waals surface area contributed by atoms with Crippen molar-refractivity contribution in [3.8, 4) is 0 Å². The largest absolute Gasteiger partial charge is 0.287 e. The maximum atomic E-state index is 10.9. The van der Waals surface area contributed by atoms with E-state index in [1.165, 1.54) is 11.3 Å². The Morgan fingerprint density at radius 1 is 1.75 bits per heavy atom. The molecule has 0 atom stereocenters. The maximum absolute atomic E-state index is 10.9. The number of rotatable bonds is 2. The molecule has 1 aromatic heterocycles. The third-order valence-electron chi connectivity index (χ3n) is 1.21. The minimum absolute atomic E-state index is 0.239. The second-order valence-corrected chi connectivity index (χ2v) is 2.90. The molecule has 0 N–H and O–H groups in total. The molecule has 0 fully saturated rings. The topological polar surface area (TPSA) is 65.8 Å². The average Bonchev–Trinajstić information content (AvgIpc) is 2.55. The Morgan fingerprint density at radius 3 is 3.00 bits per heavy atom. The lowest BCUT2D eigenvalue weighted by Gasteiger charge is -1.93. The summed E-state index contributed by atoms with van der Waals surface area (Å²) in [4.78, 5) is 14.0. The van der Waals surface area contributed by atoms with Crippen LogP contribution in [-0.4, -0.2) is 5.91 Å². The van der Waals surface area contributed by atoms with Gasteiger partial charge in [0.05, 0.1) is 0 Å². The van der Waals surface area contributed by atoms with Gasteiger partial charge in [-0.1, -0.05) is 12.6 Å². The Kier molecular flexibility index (Phi) is 2.63.